The number of carbonyl (C=O) groups is 1. The molecular weight excluding hydrogens is 284 g/mol. The molecule has 1 atom stereocenters. The average molecular weight is 299 g/mol. The van der Waals surface area contributed by atoms with E-state index in [4.69, 9.17) is 5.11 Å². The third-order valence-corrected chi connectivity index (χ3v) is 4.59. The lowest BCUT2D eigenvalue weighted by atomic mass is 9.89. The monoisotopic (exact) mass is 298 g/mol. The van der Waals surface area contributed by atoms with E-state index in [-0.39, 0.29) is 18.3 Å². The van der Waals surface area contributed by atoms with Crippen molar-refractivity contribution in [2.45, 2.75) is 25.7 Å². The van der Waals surface area contributed by atoms with Gasteiger partial charge in [0.2, 0.25) is 0 Å². The predicted octanol–water partition coefficient (Wildman–Crippen LogP) is 2.67. The number of rotatable bonds is 3. The first-order chi connectivity index (χ1) is 8.72. The molecule has 0 fully saturated rings. The molecule has 0 aliphatic heterocycles. The number of fused-ring (bicyclic) bond motifs is 1. The number of aromatic nitrogens is 2. The Kier molecular flexibility index (Phi) is 4.27. The average Bonchev–Trinajstić information content (AvgIpc) is 2.96. The number of hydrogen-bond donors (Lipinski definition) is 2. The van der Waals surface area contributed by atoms with Crippen LogP contribution in [0.25, 0.3) is 0 Å². The van der Waals surface area contributed by atoms with Crippen molar-refractivity contribution < 1.29 is 9.90 Å². The molecule has 0 radical (unpaired) electrons. The number of carboxylic acid groups (broad SMARTS) is 1. The maximum atomic E-state index is 11.0. The topological polar surface area (TPSA) is 66.0 Å². The number of aromatic amines is 1. The molecule has 0 saturated carbocycles. The maximum Gasteiger partial charge on any atom is 0.306 e. The van der Waals surface area contributed by atoms with Crippen LogP contribution in [-0.4, -0.2) is 21.0 Å². The second-order valence-corrected chi connectivity index (χ2v) is 5.87. The van der Waals surface area contributed by atoms with Crippen LogP contribution in [0.3, 0.4) is 0 Å². The number of imidazole rings is 1. The lowest BCUT2D eigenvalue weighted by Gasteiger charge is -2.17. The van der Waals surface area contributed by atoms with Gasteiger partial charge in [0.05, 0.1) is 5.92 Å². The molecule has 2 aromatic heterocycles. The van der Waals surface area contributed by atoms with Gasteiger partial charge in [0.1, 0.15) is 5.82 Å². The summed E-state index contributed by atoms with van der Waals surface area (Å²) < 4.78 is 0. The minimum atomic E-state index is -0.665. The maximum absolute atomic E-state index is 11.0. The minimum Gasteiger partial charge on any atom is -0.481 e. The first-order valence-electron chi connectivity index (χ1n) is 6.04. The molecule has 19 heavy (non-hydrogen) atoms. The molecule has 2 heterocycles. The number of H-pyrrole nitrogens is 1. The normalized spacial score (nSPS) is 17.6. The van der Waals surface area contributed by atoms with Crippen LogP contribution < -0.4 is 0 Å². The van der Waals surface area contributed by atoms with Crippen LogP contribution in [0.4, 0.5) is 0 Å². The largest absolute Gasteiger partial charge is 0.481 e. The number of aliphatic carboxylic acids is 1. The Labute approximate surface area is 121 Å². The van der Waals surface area contributed by atoms with Gasteiger partial charge in [-0.1, -0.05) is 0 Å². The number of aryl methyl sites for hydroxylation is 1. The molecule has 0 aromatic carbocycles. The third kappa shape index (κ3) is 2.98. The third-order valence-electron chi connectivity index (χ3n) is 3.39. The molecule has 0 bridgehead atoms. The Morgan fingerprint density at radius 2 is 2.42 bits per heavy atom. The first-order valence-corrected chi connectivity index (χ1v) is 6.85. The zero-order valence-electron chi connectivity index (χ0n) is 10.3. The van der Waals surface area contributed by atoms with Gasteiger partial charge in [0.25, 0.3) is 0 Å². The smallest absolute Gasteiger partial charge is 0.306 e. The van der Waals surface area contributed by atoms with Crippen molar-refractivity contribution in [3.05, 3.63) is 39.6 Å². The number of carboxylic acids is 1. The summed E-state index contributed by atoms with van der Waals surface area (Å²) >= 11 is 1.73. The fraction of sp³-hybridized carbons (Fsp3) is 0.385. The first kappa shape index (κ1) is 14.1. The summed E-state index contributed by atoms with van der Waals surface area (Å²) in [6.45, 7) is 0. The SMILES string of the molecule is Cl.O=C(O)C1CCc2cc(Cc3ncc[nH]3)sc2C1. The number of hydrogen-bond acceptors (Lipinski definition) is 3. The summed E-state index contributed by atoms with van der Waals surface area (Å²) in [6, 6.07) is 2.21. The van der Waals surface area contributed by atoms with Gasteiger partial charge in [-0.2, -0.15) is 0 Å². The lowest BCUT2D eigenvalue weighted by Crippen LogP contribution is -2.20. The highest BCUT2D eigenvalue weighted by Gasteiger charge is 2.26. The molecule has 1 unspecified atom stereocenters. The molecule has 102 valence electrons. The van der Waals surface area contributed by atoms with Crippen LogP contribution in [-0.2, 0) is 24.1 Å². The summed E-state index contributed by atoms with van der Waals surface area (Å²) in [7, 11) is 0. The number of thiophene rings is 1. The van der Waals surface area contributed by atoms with Gasteiger partial charge in [-0.3, -0.25) is 4.79 Å². The second kappa shape index (κ2) is 5.75. The van der Waals surface area contributed by atoms with E-state index >= 15 is 0 Å². The Bertz CT molecular complexity index is 565. The van der Waals surface area contributed by atoms with E-state index in [0.29, 0.717) is 6.42 Å². The molecule has 3 rings (SSSR count). The van der Waals surface area contributed by atoms with Crippen molar-refractivity contribution in [2.75, 3.05) is 0 Å². The Balaban J connectivity index is 0.00000133. The van der Waals surface area contributed by atoms with E-state index in [9.17, 15) is 4.79 Å². The molecule has 1 aliphatic carbocycles. The molecule has 6 heteroatoms. The minimum absolute atomic E-state index is 0. The number of halogens is 1. The van der Waals surface area contributed by atoms with Crippen molar-refractivity contribution in [3.63, 3.8) is 0 Å². The van der Waals surface area contributed by atoms with Crippen LogP contribution in [0.1, 0.15) is 27.6 Å². The number of nitrogens with zero attached hydrogens (tertiary/aromatic N) is 1. The van der Waals surface area contributed by atoms with Crippen molar-refractivity contribution >= 4 is 29.7 Å². The van der Waals surface area contributed by atoms with Crippen LogP contribution in [0, 0.1) is 5.92 Å². The van der Waals surface area contributed by atoms with Crippen LogP contribution in [0.2, 0.25) is 0 Å². The molecule has 0 spiro atoms. The second-order valence-electron chi connectivity index (χ2n) is 4.65. The number of nitrogens with one attached hydrogen (secondary N) is 1. The summed E-state index contributed by atoms with van der Waals surface area (Å²) in [4.78, 5) is 20.8. The molecular formula is C13H15ClN2O2S. The van der Waals surface area contributed by atoms with E-state index in [1.54, 1.807) is 17.5 Å². The van der Waals surface area contributed by atoms with Gasteiger partial charge >= 0.3 is 5.97 Å². The van der Waals surface area contributed by atoms with Gasteiger partial charge in [-0.15, -0.1) is 23.7 Å². The Morgan fingerprint density at radius 3 is 3.11 bits per heavy atom. The summed E-state index contributed by atoms with van der Waals surface area (Å²) in [6.07, 6.45) is 6.72. The van der Waals surface area contributed by atoms with Gasteiger partial charge in [-0.05, 0) is 30.9 Å². The highest BCUT2D eigenvalue weighted by atomic mass is 35.5. The quantitative estimate of drug-likeness (QED) is 0.915. The molecule has 4 nitrogen and oxygen atoms in total. The molecule has 0 amide bonds. The highest BCUT2D eigenvalue weighted by Crippen LogP contribution is 2.33. The summed E-state index contributed by atoms with van der Waals surface area (Å²) in [5.41, 5.74) is 1.33. The van der Waals surface area contributed by atoms with Crippen LogP contribution in [0.15, 0.2) is 18.5 Å². The molecule has 2 aromatic rings. The van der Waals surface area contributed by atoms with Crippen molar-refractivity contribution in [3.8, 4) is 0 Å². The predicted molar refractivity (Wildman–Crippen MR) is 76.1 cm³/mol. The molecule has 2 N–H and O–H groups in total. The molecule has 1 aliphatic rings. The van der Waals surface area contributed by atoms with E-state index in [0.717, 1.165) is 25.1 Å². The van der Waals surface area contributed by atoms with Crippen LogP contribution in [0.5, 0.6) is 0 Å². The van der Waals surface area contributed by atoms with Gasteiger partial charge in [0.15, 0.2) is 0 Å². The molecule has 0 saturated heterocycles. The van der Waals surface area contributed by atoms with E-state index in [1.165, 1.54) is 15.3 Å². The van der Waals surface area contributed by atoms with Crippen molar-refractivity contribution in [2.24, 2.45) is 5.92 Å². The van der Waals surface area contributed by atoms with Gasteiger partial charge in [-0.25, -0.2) is 4.98 Å². The zero-order chi connectivity index (χ0) is 12.5. The van der Waals surface area contributed by atoms with E-state index in [2.05, 4.69) is 16.0 Å². The zero-order valence-corrected chi connectivity index (χ0v) is 11.9. The Morgan fingerprint density at radius 1 is 1.58 bits per heavy atom. The van der Waals surface area contributed by atoms with Crippen molar-refractivity contribution in [1.29, 1.82) is 0 Å². The Hall–Kier alpha value is -1.33. The summed E-state index contributed by atoms with van der Waals surface area (Å²) in [5, 5.41) is 9.07. The fourth-order valence-electron chi connectivity index (χ4n) is 2.43. The fourth-order valence-corrected chi connectivity index (χ4v) is 3.73. The van der Waals surface area contributed by atoms with E-state index < -0.39 is 5.97 Å². The van der Waals surface area contributed by atoms with Gasteiger partial charge in [0, 0.05) is 28.6 Å². The van der Waals surface area contributed by atoms with Gasteiger partial charge < -0.3 is 10.1 Å². The van der Waals surface area contributed by atoms with E-state index in [1.807, 2.05) is 6.20 Å². The highest BCUT2D eigenvalue weighted by molar-refractivity contribution is 7.12. The summed E-state index contributed by atoms with van der Waals surface area (Å²) in [5.74, 6) is 0.0950. The van der Waals surface area contributed by atoms with Crippen molar-refractivity contribution in [1.82, 2.24) is 9.97 Å². The standard InChI is InChI=1S/C13H14N2O2S.ClH/c16-13(17)9-2-1-8-5-10(18-11(8)6-9)7-12-14-3-4-15-12;/h3-5,9H,1-2,6-7H2,(H,14,15)(H,16,17);1H. The van der Waals surface area contributed by atoms with Crippen LogP contribution >= 0.6 is 23.7 Å². The lowest BCUT2D eigenvalue weighted by molar-refractivity contribution is -0.142.